The molecule has 3 heterocycles. The first kappa shape index (κ1) is 75.6. The molecule has 0 bridgehead atoms. The number of fused-ring (bicyclic) bond motifs is 2. The Hall–Kier alpha value is 0.560. The van der Waals surface area contributed by atoms with Gasteiger partial charge in [-0.2, -0.15) is 18.5 Å². The minimum Gasteiger partial charge on any atom is -0.860 e. The zero-order valence-electron chi connectivity index (χ0n) is 44.7. The number of anilines is 1. The van der Waals surface area contributed by atoms with E-state index in [9.17, 15) is 64.6 Å². The number of allylic oxidation sites excluding steroid dienone is 9. The molecule has 2 aromatic carbocycles. The summed E-state index contributed by atoms with van der Waals surface area (Å²) in [5.41, 5.74) is 4.06. The van der Waals surface area contributed by atoms with Crippen LogP contribution in [0.25, 0.3) is 0 Å². The van der Waals surface area contributed by atoms with Gasteiger partial charge < -0.3 is 39.1 Å². The maximum absolute atomic E-state index is 14.8. The van der Waals surface area contributed by atoms with E-state index in [0.717, 1.165) is 21.9 Å². The standard InChI is InChI=1S/C46H56N4O17S5.5Na/c1-29-34(28-47)43(51)50(22-23-68-66-64-53)44(52)41(29)42-30(12-18-39-45(2,3)35-26-32(69-67-65-54)14-16-37(35)48(39)20-6-8-24-70(55,56)57)10-11-31(42)13-19-40-46(4,5)36-27-33(72(61,62)63)15-17-38(36)49(40)21-7-9-25-71(58,59)60;;;;;/h12-19,26-27,29,34,53-54H,6-11,20-25H2,1-5H3,(H,55,56,57)(H,58,59,60)(H,61,62,63);;;;;/q;5*+1/p-5/b31-13?,40-19+;;;;;. The largest absolute Gasteiger partial charge is 1.00 e. The first-order chi connectivity index (χ1) is 33.8. The second-order valence-corrected chi connectivity index (χ2v) is 24.4. The van der Waals surface area contributed by atoms with Crippen LogP contribution in [0.15, 0.2) is 104 Å². The molecule has 77 heavy (non-hydrogen) atoms. The molecular weight excluding hydrogens is 1160 g/mol. The summed E-state index contributed by atoms with van der Waals surface area (Å²) in [6, 6.07) is 11.4. The van der Waals surface area contributed by atoms with Gasteiger partial charge in [0.25, 0.3) is 0 Å². The van der Waals surface area contributed by atoms with Gasteiger partial charge in [0.1, 0.15) is 22.6 Å². The SMILES string of the molecule is CC1C(C2=C(C=CC3=[N+](CCCCS(=O)(=O)[O-])c4ccc(SOO[O-])cc4C3(C)C)CCC2=C/C=C2/N(CCCCS(=O)(=O)[O-])c3ccc(S(=O)(=O)[O-])cc3C2(C)C)=C([O-])N(CCSOO[O-])C(=O)C1C#N.[Na+].[Na+].[Na+].[Na+].[Na+]. The Labute approximate surface area is 569 Å². The first-order valence-electron chi connectivity index (χ1n) is 22.5. The monoisotopic (exact) mass is 1210 g/mol. The molecule has 3 aliphatic heterocycles. The smallest absolute Gasteiger partial charge is 0.860 e. The van der Waals surface area contributed by atoms with Gasteiger partial charge in [-0.25, -0.2) is 25.3 Å². The minimum atomic E-state index is -4.87. The second-order valence-electron chi connectivity index (χ2n) is 18.4. The fourth-order valence-corrected chi connectivity index (χ4v) is 12.2. The van der Waals surface area contributed by atoms with Crippen LogP contribution >= 0.6 is 24.1 Å². The number of nitriles is 1. The molecule has 0 fully saturated rings. The molecule has 0 N–H and O–H groups in total. The quantitative estimate of drug-likeness (QED) is 0.0190. The molecule has 392 valence electrons. The number of hydrogen-bond acceptors (Lipinski definition) is 21. The summed E-state index contributed by atoms with van der Waals surface area (Å²) in [5.74, 6) is -4.94. The normalized spacial score (nSPS) is 19.9. The average Bonchev–Trinajstić information content (AvgIpc) is 3.86. The van der Waals surface area contributed by atoms with E-state index in [-0.39, 0.29) is 191 Å². The second kappa shape index (κ2) is 32.2. The van der Waals surface area contributed by atoms with Gasteiger partial charge >= 0.3 is 148 Å². The maximum Gasteiger partial charge on any atom is 1.00 e. The van der Waals surface area contributed by atoms with Crippen molar-refractivity contribution in [2.24, 2.45) is 11.8 Å². The van der Waals surface area contributed by atoms with Crippen molar-refractivity contribution in [1.29, 1.82) is 5.26 Å². The molecule has 2 unspecified atom stereocenters. The zero-order valence-corrected chi connectivity index (χ0v) is 58.8. The number of carbonyl (C=O) groups is 1. The average molecular weight is 1210 g/mol. The molecule has 2 atom stereocenters. The van der Waals surface area contributed by atoms with Gasteiger partial charge in [0.15, 0.2) is 5.71 Å². The molecule has 0 aromatic heterocycles. The van der Waals surface area contributed by atoms with Crippen molar-refractivity contribution >= 4 is 77.4 Å². The van der Waals surface area contributed by atoms with E-state index >= 15 is 0 Å². The molecule has 4 aliphatic rings. The molecule has 0 saturated heterocycles. The number of carbonyl (C=O) groups excluding carboxylic acids is 1. The predicted molar refractivity (Wildman–Crippen MR) is 253 cm³/mol. The Kier molecular flexibility index (Phi) is 31.6. The third kappa shape index (κ3) is 18.5. The number of nitrogens with zero attached hydrogens (tertiary/aromatic N) is 4. The van der Waals surface area contributed by atoms with Crippen LogP contribution in [0.1, 0.15) is 84.3 Å². The molecule has 31 heteroatoms. The molecular formula is C46H51N4Na5O17S5. The van der Waals surface area contributed by atoms with Crippen molar-refractivity contribution in [2.45, 2.75) is 93.8 Å². The van der Waals surface area contributed by atoms with Crippen molar-refractivity contribution < 1.29 is 230 Å². The van der Waals surface area contributed by atoms with Crippen LogP contribution in [0.5, 0.6) is 0 Å². The van der Waals surface area contributed by atoms with Crippen LogP contribution in [0.3, 0.4) is 0 Å². The van der Waals surface area contributed by atoms with Gasteiger partial charge in [0.2, 0.25) is 11.6 Å². The van der Waals surface area contributed by atoms with Crippen molar-refractivity contribution in [2.75, 3.05) is 41.8 Å². The van der Waals surface area contributed by atoms with Crippen molar-refractivity contribution in [3.05, 3.63) is 106 Å². The van der Waals surface area contributed by atoms with Crippen molar-refractivity contribution in [1.82, 2.24) is 4.90 Å². The van der Waals surface area contributed by atoms with Crippen LogP contribution in [-0.4, -0.2) is 96.9 Å². The number of unbranched alkanes of at least 4 members (excludes halogenated alkanes) is 2. The maximum atomic E-state index is 14.8. The molecule has 1 aliphatic carbocycles. The topological polar surface area (TPSA) is 328 Å². The fraction of sp³-hybridized carbons (Fsp3) is 0.457. The summed E-state index contributed by atoms with van der Waals surface area (Å²) < 4.78 is 117. The fourth-order valence-electron chi connectivity index (χ4n) is 9.80. The number of benzene rings is 2. The van der Waals surface area contributed by atoms with Crippen LogP contribution in [-0.2, 0) is 64.7 Å². The summed E-state index contributed by atoms with van der Waals surface area (Å²) in [6.07, 6.45) is 8.60. The van der Waals surface area contributed by atoms with Gasteiger partial charge in [-0.15, -0.1) is 0 Å². The summed E-state index contributed by atoms with van der Waals surface area (Å²) in [4.78, 5) is 16.6. The zero-order chi connectivity index (χ0) is 53.0. The van der Waals surface area contributed by atoms with Gasteiger partial charge in [0.05, 0.1) is 48.7 Å². The summed E-state index contributed by atoms with van der Waals surface area (Å²) >= 11 is 1.26. The molecule has 21 nitrogen and oxygen atoms in total. The molecule has 0 radical (unpaired) electrons. The van der Waals surface area contributed by atoms with Gasteiger partial charge in [0, 0.05) is 94.1 Å². The number of hydrogen-bond donors (Lipinski definition) is 0. The third-order valence-electron chi connectivity index (χ3n) is 13.3. The van der Waals surface area contributed by atoms with Crippen molar-refractivity contribution in [3.8, 4) is 6.07 Å². The molecule has 0 saturated carbocycles. The van der Waals surface area contributed by atoms with Crippen molar-refractivity contribution in [3.63, 3.8) is 0 Å². The van der Waals surface area contributed by atoms with E-state index in [1.807, 2.05) is 61.5 Å². The van der Waals surface area contributed by atoms with E-state index < -0.39 is 81.2 Å². The van der Waals surface area contributed by atoms with E-state index in [1.165, 1.54) is 18.2 Å². The Bertz CT molecular complexity index is 3060. The Morgan fingerprint density at radius 1 is 0.792 bits per heavy atom. The summed E-state index contributed by atoms with van der Waals surface area (Å²) in [5, 5.41) is 53.4. The number of rotatable bonds is 23. The third-order valence-corrected chi connectivity index (χ3v) is 16.7. The van der Waals surface area contributed by atoms with E-state index in [4.69, 9.17) is 0 Å². The Morgan fingerprint density at radius 3 is 2.03 bits per heavy atom. The summed E-state index contributed by atoms with van der Waals surface area (Å²) in [6.45, 7) is 9.38. The Balaban J connectivity index is 0.00000593. The number of amides is 1. The van der Waals surface area contributed by atoms with Crippen LogP contribution < -0.4 is 168 Å². The molecule has 2 aromatic rings. The molecule has 1 amide bonds. The summed E-state index contributed by atoms with van der Waals surface area (Å²) in [7, 11) is -13.9. The first-order valence-corrected chi connectivity index (χ1v) is 28.7. The van der Waals surface area contributed by atoms with E-state index in [0.29, 0.717) is 88.5 Å². The van der Waals surface area contributed by atoms with E-state index in [2.05, 4.69) is 24.8 Å². The van der Waals surface area contributed by atoms with Crippen LogP contribution in [0, 0.1) is 23.2 Å². The molecule has 6 rings (SSSR count). The van der Waals surface area contributed by atoms with Crippen LogP contribution in [0.2, 0.25) is 0 Å². The van der Waals surface area contributed by atoms with Gasteiger partial charge in [-0.05, 0) is 116 Å². The van der Waals surface area contributed by atoms with Crippen LogP contribution in [0.4, 0.5) is 11.4 Å². The predicted octanol–water partition coefficient (Wildman–Crippen LogP) is -11.8. The van der Waals surface area contributed by atoms with E-state index in [1.54, 1.807) is 25.1 Å². The minimum absolute atomic E-state index is 0. The molecule has 0 spiro atoms. The van der Waals surface area contributed by atoms with Gasteiger partial charge in [-0.1, -0.05) is 32.9 Å². The van der Waals surface area contributed by atoms with Gasteiger partial charge in [-0.3, -0.25) is 14.9 Å². The Morgan fingerprint density at radius 2 is 1.43 bits per heavy atom.